The number of hydrogen-bond acceptors (Lipinski definition) is 3. The van der Waals surface area contributed by atoms with Gasteiger partial charge in [-0.05, 0) is 111 Å². The molecule has 0 aromatic carbocycles. The molecule has 0 spiro atoms. The van der Waals surface area contributed by atoms with Crippen molar-refractivity contribution >= 4 is 11.8 Å². The van der Waals surface area contributed by atoms with E-state index in [1.807, 2.05) is 0 Å². The van der Waals surface area contributed by atoms with Gasteiger partial charge in [-0.1, -0.05) is 78.4 Å². The molecule has 0 heterocycles. The van der Waals surface area contributed by atoms with Crippen molar-refractivity contribution in [1.82, 2.24) is 0 Å². The second-order valence-electron chi connectivity index (χ2n) is 15.3. The number of allylic oxidation sites excluding steroid dienone is 1. The van der Waals surface area contributed by atoms with Crippen molar-refractivity contribution in [2.75, 3.05) is 0 Å². The fraction of sp³-hybridized carbons (Fsp3) is 0.889. The molecule has 3 fully saturated rings. The van der Waals surface area contributed by atoms with E-state index in [1.54, 1.807) is 12.5 Å². The molecule has 0 bridgehead atoms. The van der Waals surface area contributed by atoms with E-state index >= 15 is 0 Å². The number of carbonyl (C=O) groups excluding carboxylic acids is 2. The molecule has 0 radical (unpaired) electrons. The monoisotopic (exact) mass is 540 g/mol. The topological polar surface area (TPSA) is 43.4 Å². The minimum Gasteiger partial charge on any atom is -0.462 e. The van der Waals surface area contributed by atoms with Crippen LogP contribution >= 0.6 is 0 Å². The van der Waals surface area contributed by atoms with Gasteiger partial charge in [-0.2, -0.15) is 0 Å². The van der Waals surface area contributed by atoms with Crippen LogP contribution in [-0.2, 0) is 14.3 Å². The van der Waals surface area contributed by atoms with Gasteiger partial charge in [0.25, 0.3) is 0 Å². The molecule has 3 heteroatoms. The van der Waals surface area contributed by atoms with Crippen molar-refractivity contribution < 1.29 is 14.3 Å². The van der Waals surface area contributed by atoms with Gasteiger partial charge in [0.1, 0.15) is 11.9 Å². The van der Waals surface area contributed by atoms with Crippen molar-refractivity contribution in [3.8, 4) is 0 Å². The third-order valence-corrected chi connectivity index (χ3v) is 12.2. The third-order valence-electron chi connectivity index (χ3n) is 12.2. The first-order valence-corrected chi connectivity index (χ1v) is 16.9. The fourth-order valence-corrected chi connectivity index (χ4v) is 9.99. The Bertz CT molecular complexity index is 873. The molecule has 0 unspecified atom stereocenters. The van der Waals surface area contributed by atoms with Crippen LogP contribution in [0.4, 0.5) is 0 Å². The molecule has 0 N–H and O–H groups in total. The zero-order valence-corrected chi connectivity index (χ0v) is 26.4. The van der Waals surface area contributed by atoms with Crippen LogP contribution in [0, 0.1) is 46.3 Å². The lowest BCUT2D eigenvalue weighted by atomic mass is 9.47. The van der Waals surface area contributed by atoms with Gasteiger partial charge in [0.15, 0.2) is 0 Å². The van der Waals surface area contributed by atoms with Gasteiger partial charge in [0, 0.05) is 19.3 Å². The van der Waals surface area contributed by atoms with Crippen molar-refractivity contribution in [3.05, 3.63) is 11.6 Å². The first-order valence-electron chi connectivity index (χ1n) is 16.9. The van der Waals surface area contributed by atoms with Crippen LogP contribution in [0.1, 0.15) is 151 Å². The zero-order chi connectivity index (χ0) is 28.2. The molecule has 3 nitrogen and oxygen atoms in total. The first-order chi connectivity index (χ1) is 18.5. The Kier molecular flexibility index (Phi) is 10.5. The van der Waals surface area contributed by atoms with Crippen molar-refractivity contribution in [2.24, 2.45) is 46.3 Å². The fourth-order valence-electron chi connectivity index (χ4n) is 9.99. The average molecular weight is 541 g/mol. The number of ketones is 1. The lowest BCUT2D eigenvalue weighted by molar-refractivity contribution is -0.151. The van der Waals surface area contributed by atoms with Gasteiger partial charge in [-0.25, -0.2) is 0 Å². The summed E-state index contributed by atoms with van der Waals surface area (Å²) < 4.78 is 6.00. The number of hydrogen-bond donors (Lipinski definition) is 0. The molecule has 0 amide bonds. The summed E-state index contributed by atoms with van der Waals surface area (Å²) in [5.74, 6) is 5.43. The van der Waals surface area contributed by atoms with E-state index < -0.39 is 0 Å². The first kappa shape index (κ1) is 30.8. The van der Waals surface area contributed by atoms with Crippen molar-refractivity contribution in [2.45, 2.75) is 157 Å². The Labute approximate surface area is 240 Å². The van der Waals surface area contributed by atoms with Crippen LogP contribution in [0.3, 0.4) is 0 Å². The molecule has 0 aliphatic heterocycles. The van der Waals surface area contributed by atoms with Crippen molar-refractivity contribution in [3.63, 3.8) is 0 Å². The number of ether oxygens (including phenoxy) is 1. The summed E-state index contributed by atoms with van der Waals surface area (Å²) in [7, 11) is 0. The van der Waals surface area contributed by atoms with E-state index in [0.29, 0.717) is 23.7 Å². The number of esters is 1. The van der Waals surface area contributed by atoms with Crippen LogP contribution in [0.2, 0.25) is 0 Å². The molecule has 8 atom stereocenters. The zero-order valence-electron chi connectivity index (χ0n) is 26.4. The minimum atomic E-state index is -0.0163. The summed E-state index contributed by atoms with van der Waals surface area (Å²) in [4.78, 5) is 23.6. The number of rotatable bonds is 13. The summed E-state index contributed by atoms with van der Waals surface area (Å²) in [6.45, 7) is 14.2. The van der Waals surface area contributed by atoms with E-state index in [-0.39, 0.29) is 17.9 Å². The highest BCUT2D eigenvalue weighted by molar-refractivity contribution is 5.75. The maximum atomic E-state index is 12.6. The smallest absolute Gasteiger partial charge is 0.306 e. The van der Waals surface area contributed by atoms with E-state index in [9.17, 15) is 9.59 Å². The van der Waals surface area contributed by atoms with Crippen LogP contribution < -0.4 is 0 Å². The van der Waals surface area contributed by atoms with Gasteiger partial charge in [-0.15, -0.1) is 0 Å². The molecule has 4 rings (SSSR count). The molecule has 39 heavy (non-hydrogen) atoms. The van der Waals surface area contributed by atoms with Crippen LogP contribution in [0.25, 0.3) is 0 Å². The molecule has 0 aromatic heterocycles. The molecular weight excluding hydrogens is 480 g/mol. The van der Waals surface area contributed by atoms with Crippen molar-refractivity contribution in [1.29, 1.82) is 0 Å². The highest BCUT2D eigenvalue weighted by Gasteiger charge is 2.59. The molecular formula is C36H60O3. The summed E-state index contributed by atoms with van der Waals surface area (Å²) in [6.07, 6.45) is 22.1. The average Bonchev–Trinajstić information content (AvgIpc) is 3.23. The number of fused-ring (bicyclic) bond motifs is 5. The second-order valence-corrected chi connectivity index (χ2v) is 15.3. The summed E-state index contributed by atoms with van der Waals surface area (Å²) in [5.41, 5.74) is 2.46. The lowest BCUT2D eigenvalue weighted by Gasteiger charge is -2.58. The summed E-state index contributed by atoms with van der Waals surface area (Å²) in [6, 6.07) is 0. The molecule has 0 saturated heterocycles. The normalized spacial score (nSPS) is 36.5. The van der Waals surface area contributed by atoms with Crippen LogP contribution in [-0.4, -0.2) is 17.9 Å². The molecule has 4 aliphatic rings. The van der Waals surface area contributed by atoms with Gasteiger partial charge in [0.05, 0.1) is 0 Å². The largest absolute Gasteiger partial charge is 0.462 e. The van der Waals surface area contributed by atoms with Gasteiger partial charge in [-0.3, -0.25) is 4.79 Å². The van der Waals surface area contributed by atoms with E-state index in [0.717, 1.165) is 74.0 Å². The number of Topliss-reactive ketones (excluding diaryl/α,β-unsaturated/α-hetero) is 1. The van der Waals surface area contributed by atoms with Gasteiger partial charge in [0.2, 0.25) is 0 Å². The standard InChI is InChI=1S/C36H60O3/c1-25(2)12-11-13-26(3)31-18-19-32-30-17-16-28-24-29(39-34(38)15-10-8-7-9-14-27(4)37)20-22-35(28,5)33(30)21-23-36(31,32)6/h16,25-26,29-33H,7-15,17-24H2,1-6H3/t26-,29+,30+,31-,32+,33+,35+,36-/m1/s1. The Morgan fingerprint density at radius 3 is 2.36 bits per heavy atom. The molecule has 3 saturated carbocycles. The molecule has 4 aliphatic carbocycles. The predicted molar refractivity (Wildman–Crippen MR) is 161 cm³/mol. The molecule has 0 aromatic rings. The van der Waals surface area contributed by atoms with E-state index in [4.69, 9.17) is 4.74 Å². The number of carbonyl (C=O) groups is 2. The van der Waals surface area contributed by atoms with Crippen LogP contribution in [0.5, 0.6) is 0 Å². The SMILES string of the molecule is CC(=O)CCCCCCC(=O)O[C@H]1CC[C@@]2(C)C(=CC[C@H]3[C@@H]4CC[C@H]([C@H](C)CCCC(C)C)[C@@]4(C)CC[C@@H]32)C1. The minimum absolute atomic E-state index is 0.0163. The quantitative estimate of drug-likeness (QED) is 0.133. The summed E-state index contributed by atoms with van der Waals surface area (Å²) >= 11 is 0. The van der Waals surface area contributed by atoms with Gasteiger partial charge >= 0.3 is 5.97 Å². The Balaban J connectivity index is 1.30. The summed E-state index contributed by atoms with van der Waals surface area (Å²) in [5, 5.41) is 0. The Morgan fingerprint density at radius 2 is 1.64 bits per heavy atom. The predicted octanol–water partition coefficient (Wildman–Crippen LogP) is 9.87. The Hall–Kier alpha value is -1.12. The van der Waals surface area contributed by atoms with E-state index in [2.05, 4.69) is 40.7 Å². The maximum Gasteiger partial charge on any atom is 0.306 e. The van der Waals surface area contributed by atoms with Gasteiger partial charge < -0.3 is 9.53 Å². The third kappa shape index (κ3) is 7.03. The van der Waals surface area contributed by atoms with Crippen LogP contribution in [0.15, 0.2) is 11.6 Å². The molecule has 222 valence electrons. The highest BCUT2D eigenvalue weighted by Crippen LogP contribution is 2.67. The maximum absolute atomic E-state index is 12.6. The Morgan fingerprint density at radius 1 is 0.897 bits per heavy atom. The second kappa shape index (κ2) is 13.2. The number of unbranched alkanes of at least 4 members (excludes halogenated alkanes) is 3. The highest BCUT2D eigenvalue weighted by atomic mass is 16.5. The lowest BCUT2D eigenvalue weighted by Crippen LogP contribution is -2.51. The van der Waals surface area contributed by atoms with E-state index in [1.165, 1.54) is 57.8 Å².